The highest BCUT2D eigenvalue weighted by molar-refractivity contribution is 5.79. The Bertz CT molecular complexity index is 310. The summed E-state index contributed by atoms with van der Waals surface area (Å²) in [5.41, 5.74) is 5.97. The molecule has 3 nitrogen and oxygen atoms in total. The predicted molar refractivity (Wildman–Crippen MR) is 83.2 cm³/mol. The van der Waals surface area contributed by atoms with E-state index < -0.39 is 0 Å². The molecule has 0 spiro atoms. The van der Waals surface area contributed by atoms with E-state index in [4.69, 9.17) is 5.73 Å². The molecule has 3 atom stereocenters. The Balaban J connectivity index is 1.70. The van der Waals surface area contributed by atoms with E-state index >= 15 is 0 Å². The van der Waals surface area contributed by atoms with Crippen molar-refractivity contribution < 1.29 is 4.79 Å². The minimum Gasteiger partial charge on any atom is -0.356 e. The molecule has 116 valence electrons. The molecule has 2 aliphatic carbocycles. The van der Waals surface area contributed by atoms with Gasteiger partial charge in [-0.1, -0.05) is 33.1 Å². The molecular formula is C17H32N2O. The molecule has 20 heavy (non-hydrogen) atoms. The van der Waals surface area contributed by atoms with Crippen LogP contribution in [0.15, 0.2) is 0 Å². The largest absolute Gasteiger partial charge is 0.356 e. The van der Waals surface area contributed by atoms with Crippen molar-refractivity contribution in [3.8, 4) is 0 Å². The van der Waals surface area contributed by atoms with Crippen LogP contribution in [0.4, 0.5) is 0 Å². The average molecular weight is 280 g/mol. The molecule has 3 heteroatoms. The number of carbonyl (C=O) groups is 1. The fourth-order valence-corrected chi connectivity index (χ4v) is 4.05. The van der Waals surface area contributed by atoms with Crippen LogP contribution in [0.25, 0.3) is 0 Å². The lowest BCUT2D eigenvalue weighted by Gasteiger charge is -2.32. The molecule has 0 aromatic heterocycles. The molecule has 1 amide bonds. The van der Waals surface area contributed by atoms with Gasteiger partial charge in [0.05, 0.1) is 0 Å². The van der Waals surface area contributed by atoms with Crippen LogP contribution in [0.5, 0.6) is 0 Å². The topological polar surface area (TPSA) is 55.1 Å². The third kappa shape index (κ3) is 4.21. The van der Waals surface area contributed by atoms with Crippen molar-refractivity contribution in [1.82, 2.24) is 5.32 Å². The first-order chi connectivity index (χ1) is 9.60. The zero-order valence-corrected chi connectivity index (χ0v) is 13.2. The predicted octanol–water partition coefficient (Wildman–Crippen LogP) is 3.08. The van der Waals surface area contributed by atoms with E-state index in [1.165, 1.54) is 32.1 Å². The molecule has 2 rings (SSSR count). The molecule has 3 N–H and O–H groups in total. The highest BCUT2D eigenvalue weighted by Gasteiger charge is 2.31. The monoisotopic (exact) mass is 280 g/mol. The van der Waals surface area contributed by atoms with Gasteiger partial charge < -0.3 is 11.1 Å². The Hall–Kier alpha value is -0.570. The lowest BCUT2D eigenvalue weighted by atomic mass is 9.77. The van der Waals surface area contributed by atoms with Crippen molar-refractivity contribution in [2.45, 2.75) is 71.3 Å². The molecular weight excluding hydrogens is 248 g/mol. The molecule has 2 fully saturated rings. The highest BCUT2D eigenvalue weighted by atomic mass is 16.1. The molecule has 3 unspecified atom stereocenters. The molecule has 0 radical (unpaired) electrons. The van der Waals surface area contributed by atoms with E-state index in [2.05, 4.69) is 19.2 Å². The average Bonchev–Trinajstić information content (AvgIpc) is 2.45. The molecule has 2 saturated carbocycles. The standard InChI is InChI=1S/C17H32N2O/c1-3-13-4-6-14(7-5-13)11-19-17(20)16-9-8-15(18)10-12(16)2/h12-16H,3-11,18H2,1-2H3,(H,19,20). The van der Waals surface area contributed by atoms with Crippen LogP contribution in [0.2, 0.25) is 0 Å². The van der Waals surface area contributed by atoms with Crippen molar-refractivity contribution in [2.24, 2.45) is 29.4 Å². The first-order valence-corrected chi connectivity index (χ1v) is 8.63. The normalized spacial score (nSPS) is 38.5. The number of nitrogens with one attached hydrogen (secondary N) is 1. The van der Waals surface area contributed by atoms with Crippen LogP contribution in [-0.2, 0) is 4.79 Å². The Morgan fingerprint density at radius 2 is 1.75 bits per heavy atom. The van der Waals surface area contributed by atoms with Gasteiger partial charge in [-0.3, -0.25) is 4.79 Å². The third-order valence-corrected chi connectivity index (χ3v) is 5.66. The van der Waals surface area contributed by atoms with Crippen molar-refractivity contribution in [2.75, 3.05) is 6.54 Å². The second kappa shape index (κ2) is 7.44. The molecule has 0 aliphatic heterocycles. The van der Waals surface area contributed by atoms with Crippen molar-refractivity contribution in [1.29, 1.82) is 0 Å². The quantitative estimate of drug-likeness (QED) is 0.831. The minimum atomic E-state index is 0.196. The lowest BCUT2D eigenvalue weighted by Crippen LogP contribution is -2.42. The fourth-order valence-electron chi connectivity index (χ4n) is 4.05. The summed E-state index contributed by atoms with van der Waals surface area (Å²) < 4.78 is 0. The van der Waals surface area contributed by atoms with Gasteiger partial charge >= 0.3 is 0 Å². The van der Waals surface area contributed by atoms with Crippen molar-refractivity contribution >= 4 is 5.91 Å². The Kier molecular flexibility index (Phi) is 5.88. The lowest BCUT2D eigenvalue weighted by molar-refractivity contribution is -0.127. The van der Waals surface area contributed by atoms with Gasteiger partial charge in [0.1, 0.15) is 0 Å². The fraction of sp³-hybridized carbons (Fsp3) is 0.941. The molecule has 0 saturated heterocycles. The Morgan fingerprint density at radius 3 is 2.35 bits per heavy atom. The van der Waals surface area contributed by atoms with Crippen LogP contribution in [-0.4, -0.2) is 18.5 Å². The summed E-state index contributed by atoms with van der Waals surface area (Å²) in [6, 6.07) is 0.304. The first-order valence-electron chi connectivity index (χ1n) is 8.63. The molecule has 0 bridgehead atoms. The molecule has 0 heterocycles. The first kappa shape index (κ1) is 15.8. The van der Waals surface area contributed by atoms with Crippen LogP contribution >= 0.6 is 0 Å². The van der Waals surface area contributed by atoms with E-state index in [0.717, 1.165) is 31.7 Å². The maximum atomic E-state index is 12.3. The summed E-state index contributed by atoms with van der Waals surface area (Å²) in [4.78, 5) is 12.3. The van der Waals surface area contributed by atoms with Crippen LogP contribution in [0.3, 0.4) is 0 Å². The maximum absolute atomic E-state index is 12.3. The van der Waals surface area contributed by atoms with E-state index in [1.54, 1.807) is 0 Å². The summed E-state index contributed by atoms with van der Waals surface area (Å²) in [5.74, 6) is 2.56. The summed E-state index contributed by atoms with van der Waals surface area (Å²) in [5, 5.41) is 3.22. The van der Waals surface area contributed by atoms with E-state index in [-0.39, 0.29) is 11.8 Å². The van der Waals surface area contributed by atoms with Crippen LogP contribution in [0.1, 0.15) is 65.2 Å². The molecule has 0 aromatic carbocycles. The number of rotatable bonds is 4. The maximum Gasteiger partial charge on any atom is 0.223 e. The van der Waals surface area contributed by atoms with E-state index in [1.807, 2.05) is 0 Å². The van der Waals surface area contributed by atoms with Crippen LogP contribution in [0, 0.1) is 23.7 Å². The van der Waals surface area contributed by atoms with Crippen molar-refractivity contribution in [3.05, 3.63) is 0 Å². The number of nitrogens with two attached hydrogens (primary N) is 1. The second-order valence-electron chi connectivity index (χ2n) is 7.20. The highest BCUT2D eigenvalue weighted by Crippen LogP contribution is 2.31. The summed E-state index contributed by atoms with van der Waals surface area (Å²) >= 11 is 0. The van der Waals surface area contributed by atoms with Gasteiger partial charge in [-0.15, -0.1) is 0 Å². The summed E-state index contributed by atoms with van der Waals surface area (Å²) in [6.07, 6.45) is 9.59. The SMILES string of the molecule is CCC1CCC(CNC(=O)C2CCC(N)CC2C)CC1. The number of hydrogen-bond acceptors (Lipinski definition) is 2. The smallest absolute Gasteiger partial charge is 0.223 e. The van der Waals surface area contributed by atoms with Gasteiger partial charge in [-0.2, -0.15) is 0 Å². The zero-order chi connectivity index (χ0) is 14.5. The Morgan fingerprint density at radius 1 is 1.10 bits per heavy atom. The van der Waals surface area contributed by atoms with E-state index in [0.29, 0.717) is 17.9 Å². The molecule has 0 aromatic rings. The van der Waals surface area contributed by atoms with E-state index in [9.17, 15) is 4.79 Å². The van der Waals surface area contributed by atoms with Gasteiger partial charge in [0, 0.05) is 18.5 Å². The summed E-state index contributed by atoms with van der Waals surface area (Å²) in [6.45, 7) is 5.36. The third-order valence-electron chi connectivity index (χ3n) is 5.66. The minimum absolute atomic E-state index is 0.196. The van der Waals surface area contributed by atoms with Gasteiger partial charge in [-0.25, -0.2) is 0 Å². The number of amides is 1. The van der Waals surface area contributed by atoms with Gasteiger partial charge in [0.15, 0.2) is 0 Å². The van der Waals surface area contributed by atoms with Crippen LogP contribution < -0.4 is 11.1 Å². The van der Waals surface area contributed by atoms with Crippen molar-refractivity contribution in [3.63, 3.8) is 0 Å². The van der Waals surface area contributed by atoms with Gasteiger partial charge in [-0.05, 0) is 49.9 Å². The molecule has 2 aliphatic rings. The number of hydrogen-bond donors (Lipinski definition) is 2. The zero-order valence-electron chi connectivity index (χ0n) is 13.2. The second-order valence-corrected chi connectivity index (χ2v) is 7.20. The van der Waals surface area contributed by atoms with Gasteiger partial charge in [0.25, 0.3) is 0 Å². The number of carbonyl (C=O) groups excluding carboxylic acids is 1. The Labute approximate surface area is 124 Å². The van der Waals surface area contributed by atoms with Gasteiger partial charge in [0.2, 0.25) is 5.91 Å². The summed E-state index contributed by atoms with van der Waals surface area (Å²) in [7, 11) is 0.